The molecule has 4 saturated heterocycles. The Morgan fingerprint density at radius 1 is 0.580 bits per heavy atom. The van der Waals surface area contributed by atoms with Crippen molar-refractivity contribution in [3.05, 3.63) is 0 Å². The zero-order chi connectivity index (χ0) is 37.3. The summed E-state index contributed by atoms with van der Waals surface area (Å²) >= 11 is 0. The van der Waals surface area contributed by atoms with Crippen molar-refractivity contribution in [3.8, 4) is 0 Å². The van der Waals surface area contributed by atoms with Gasteiger partial charge in [0.25, 0.3) is 0 Å². The van der Waals surface area contributed by atoms with Crippen LogP contribution in [-0.2, 0) is 51.9 Å². The molecule has 12 heteroatoms. The molecule has 0 aromatic rings. The van der Waals surface area contributed by atoms with Gasteiger partial charge in [0.1, 0.15) is 0 Å². The average Bonchev–Trinajstić information content (AvgIpc) is 2.88. The van der Waals surface area contributed by atoms with Crippen molar-refractivity contribution in [2.24, 2.45) is 0 Å². The van der Waals surface area contributed by atoms with Gasteiger partial charge in [-0.3, -0.25) is 4.79 Å². The van der Waals surface area contributed by atoms with Crippen molar-refractivity contribution in [3.63, 3.8) is 0 Å². The minimum absolute atomic E-state index is 0.00514. The maximum Gasteiger partial charge on any atom is 0.308 e. The second-order valence-electron chi connectivity index (χ2n) is 18.3. The predicted molar refractivity (Wildman–Crippen MR) is 192 cm³/mol. The minimum atomic E-state index is -1.83. The van der Waals surface area contributed by atoms with Gasteiger partial charge in [-0.05, 0) is 79.9 Å². The highest BCUT2D eigenvalue weighted by atomic mass is 28.4. The maximum atomic E-state index is 12.0. The molecule has 11 nitrogen and oxygen atoms in total. The lowest BCUT2D eigenvalue weighted by Crippen LogP contribution is -2.52. The second kappa shape index (κ2) is 16.0. The molecule has 0 N–H and O–H groups in total. The van der Waals surface area contributed by atoms with Crippen molar-refractivity contribution in [2.45, 2.75) is 224 Å². The molecule has 4 aliphatic heterocycles. The lowest BCUT2D eigenvalue weighted by Gasteiger charge is -2.47. The number of hydrogen-bond acceptors (Lipinski definition) is 11. The van der Waals surface area contributed by atoms with Crippen LogP contribution >= 0.6 is 0 Å². The summed E-state index contributed by atoms with van der Waals surface area (Å²) in [6.07, 6.45) is 5.53. The highest BCUT2D eigenvalue weighted by Gasteiger charge is 2.45. The summed E-state index contributed by atoms with van der Waals surface area (Å²) in [6, 6.07) is 0. The molecule has 0 spiro atoms. The molecule has 4 heterocycles. The van der Waals surface area contributed by atoms with Crippen LogP contribution in [0.4, 0.5) is 0 Å². The van der Waals surface area contributed by atoms with Gasteiger partial charge in [0.2, 0.25) is 0 Å². The normalized spacial score (nSPS) is 35.7. The first-order valence-corrected chi connectivity index (χ1v) is 21.9. The molecule has 0 saturated carbocycles. The number of carbonyl (C=O) groups is 1. The van der Waals surface area contributed by atoms with Crippen LogP contribution in [0.15, 0.2) is 0 Å². The van der Waals surface area contributed by atoms with Crippen molar-refractivity contribution >= 4 is 14.3 Å². The standard InChI is InChI=1S/C38H70O11Si/c1-34(2,3)50(13,14)41-16-15-25-17-26(43-35(4,5)42-25)18-27-19-28(45-36(6,7)44-27)20-29-21-30(47-37(8,9)46-29)22-31-23-32(24-33(39)40-12)49-38(10,11)48-31/h25-32H,15-24H2,1-14H3/t25-,26-,27-,28+,29-,30-,31+,32+/m0/s1. The Labute approximate surface area is 303 Å². The van der Waals surface area contributed by atoms with Gasteiger partial charge < -0.3 is 47.1 Å². The molecule has 0 aromatic carbocycles. The van der Waals surface area contributed by atoms with Crippen LogP contribution in [0.1, 0.15) is 134 Å². The van der Waals surface area contributed by atoms with E-state index in [1.165, 1.54) is 7.11 Å². The zero-order valence-electron chi connectivity index (χ0n) is 33.7. The quantitative estimate of drug-likeness (QED) is 0.145. The Balaban J connectivity index is 1.34. The van der Waals surface area contributed by atoms with Crippen LogP contribution in [0.5, 0.6) is 0 Å². The van der Waals surface area contributed by atoms with Crippen molar-refractivity contribution in [2.75, 3.05) is 13.7 Å². The summed E-state index contributed by atoms with van der Waals surface area (Å²) in [5.41, 5.74) is 0. The van der Waals surface area contributed by atoms with Crippen LogP contribution in [0.2, 0.25) is 18.1 Å². The van der Waals surface area contributed by atoms with Gasteiger partial charge in [0, 0.05) is 51.6 Å². The number of methoxy groups -OCH3 is 1. The largest absolute Gasteiger partial charge is 0.469 e. The summed E-state index contributed by atoms with van der Waals surface area (Å²) in [7, 11) is -0.426. The molecular formula is C38H70O11Si. The van der Waals surface area contributed by atoms with E-state index in [2.05, 4.69) is 33.9 Å². The molecule has 0 radical (unpaired) electrons. The minimum Gasteiger partial charge on any atom is -0.469 e. The number of ether oxygens (including phenoxy) is 9. The average molecular weight is 731 g/mol. The highest BCUT2D eigenvalue weighted by molar-refractivity contribution is 6.74. The third-order valence-corrected chi connectivity index (χ3v) is 15.2. The molecule has 4 fully saturated rings. The third-order valence-electron chi connectivity index (χ3n) is 10.6. The van der Waals surface area contributed by atoms with Gasteiger partial charge in [-0.2, -0.15) is 0 Å². The SMILES string of the molecule is COC(=O)C[C@H]1C[C@@H](C[C@@H]2C[C@H](C[C@H]3C[C@H](C[C@@H]4C[C@H](CCO[Si](C)(C)C(C)(C)C)OC(C)(C)O4)OC(C)(C)O3)OC(C)(C)O2)OC(C)(C)O1. The van der Waals surface area contributed by atoms with Crippen molar-refractivity contribution in [1.82, 2.24) is 0 Å². The lowest BCUT2D eigenvalue weighted by atomic mass is 9.92. The van der Waals surface area contributed by atoms with Crippen LogP contribution in [0, 0.1) is 0 Å². The van der Waals surface area contributed by atoms with E-state index in [0.29, 0.717) is 25.9 Å². The van der Waals surface area contributed by atoms with E-state index in [4.69, 9.17) is 47.1 Å². The van der Waals surface area contributed by atoms with Crippen LogP contribution in [0.3, 0.4) is 0 Å². The van der Waals surface area contributed by atoms with Crippen LogP contribution in [0.25, 0.3) is 0 Å². The second-order valence-corrected chi connectivity index (χ2v) is 23.2. The molecule has 0 aliphatic carbocycles. The molecule has 292 valence electrons. The van der Waals surface area contributed by atoms with E-state index in [1.807, 2.05) is 55.4 Å². The number of hydrogen-bond donors (Lipinski definition) is 0. The number of esters is 1. The molecule has 4 aliphatic rings. The molecule has 50 heavy (non-hydrogen) atoms. The fourth-order valence-electron chi connectivity index (χ4n) is 7.86. The van der Waals surface area contributed by atoms with Gasteiger partial charge >= 0.3 is 5.97 Å². The van der Waals surface area contributed by atoms with E-state index in [-0.39, 0.29) is 66.3 Å². The third kappa shape index (κ3) is 12.7. The van der Waals surface area contributed by atoms with Gasteiger partial charge in [-0.15, -0.1) is 0 Å². The molecular weight excluding hydrogens is 660 g/mol. The van der Waals surface area contributed by atoms with E-state index in [9.17, 15) is 4.79 Å². The Bertz CT molecular complexity index is 1120. The van der Waals surface area contributed by atoms with E-state index in [0.717, 1.165) is 32.1 Å². The molecule has 4 rings (SSSR count). The summed E-state index contributed by atoms with van der Waals surface area (Å²) < 4.78 is 62.4. The lowest BCUT2D eigenvalue weighted by molar-refractivity contribution is -0.339. The number of rotatable bonds is 12. The number of carbonyl (C=O) groups excluding carboxylic acids is 1. The van der Waals surface area contributed by atoms with Crippen molar-refractivity contribution < 1.29 is 51.9 Å². The van der Waals surface area contributed by atoms with Gasteiger partial charge in [-0.1, -0.05) is 20.8 Å². The maximum absolute atomic E-state index is 12.0. The molecule has 0 bridgehead atoms. The van der Waals surface area contributed by atoms with Gasteiger partial charge in [0.05, 0.1) is 62.4 Å². The summed E-state index contributed by atoms with van der Waals surface area (Å²) in [6.45, 7) is 27.8. The van der Waals surface area contributed by atoms with E-state index < -0.39 is 31.5 Å². The van der Waals surface area contributed by atoms with E-state index >= 15 is 0 Å². The van der Waals surface area contributed by atoms with Crippen molar-refractivity contribution in [1.29, 1.82) is 0 Å². The first-order chi connectivity index (χ1) is 22.8. The van der Waals surface area contributed by atoms with Gasteiger partial charge in [0.15, 0.2) is 31.5 Å². The van der Waals surface area contributed by atoms with Crippen LogP contribution in [-0.4, -0.2) is 100.0 Å². The summed E-state index contributed by atoms with van der Waals surface area (Å²) in [5, 5.41) is 0.175. The van der Waals surface area contributed by atoms with Crippen LogP contribution < -0.4 is 0 Å². The molecule has 0 amide bonds. The Morgan fingerprint density at radius 2 is 0.880 bits per heavy atom. The molecule has 0 unspecified atom stereocenters. The Hall–Kier alpha value is -0.673. The smallest absolute Gasteiger partial charge is 0.308 e. The fourth-order valence-corrected chi connectivity index (χ4v) is 8.92. The monoisotopic (exact) mass is 730 g/mol. The summed E-state index contributed by atoms with van der Waals surface area (Å²) in [4.78, 5) is 12.0. The Kier molecular flexibility index (Phi) is 13.4. The Morgan fingerprint density at radius 3 is 1.22 bits per heavy atom. The first kappa shape index (κ1) is 42.1. The summed E-state index contributed by atoms with van der Waals surface area (Å²) in [5.74, 6) is -3.26. The fraction of sp³-hybridized carbons (Fsp3) is 0.974. The molecule has 8 atom stereocenters. The first-order valence-electron chi connectivity index (χ1n) is 19.0. The van der Waals surface area contributed by atoms with E-state index in [1.54, 1.807) is 0 Å². The van der Waals surface area contributed by atoms with Gasteiger partial charge in [-0.25, -0.2) is 0 Å². The topological polar surface area (TPSA) is 109 Å². The molecule has 0 aromatic heterocycles. The zero-order valence-corrected chi connectivity index (χ0v) is 34.7. The highest BCUT2D eigenvalue weighted by Crippen LogP contribution is 2.40. The predicted octanol–water partition coefficient (Wildman–Crippen LogP) is 7.77.